The van der Waals surface area contributed by atoms with Gasteiger partial charge in [0.1, 0.15) is 5.25 Å². The minimum absolute atomic E-state index is 0. The Morgan fingerprint density at radius 3 is 1.67 bits per heavy atom. The molecular formula is C6H13Na3O7S2. The summed E-state index contributed by atoms with van der Waals surface area (Å²) < 4.78 is 30.0. The maximum atomic E-state index is 10.7. The Bertz CT molecular complexity index is 358. The fourth-order valence-electron chi connectivity index (χ4n) is 0.881. The Balaban J connectivity index is -0.000000327. The van der Waals surface area contributed by atoms with E-state index in [4.69, 9.17) is 14.8 Å². The SMILES string of the molecule is CCSC(C(=O)O)C(C(=O)O)S(=O)(=O)O.[NaH].[NaH].[NaH]. The third kappa shape index (κ3) is 10.0. The fourth-order valence-corrected chi connectivity index (χ4v) is 3.01. The Kier molecular flexibility index (Phi) is 20.3. The van der Waals surface area contributed by atoms with Crippen LogP contribution < -0.4 is 0 Å². The first-order chi connectivity index (χ1) is 6.71. The van der Waals surface area contributed by atoms with Crippen LogP contribution in [0, 0.1) is 0 Å². The molecular weight excluding hydrogens is 317 g/mol. The van der Waals surface area contributed by atoms with Gasteiger partial charge in [-0.3, -0.25) is 14.1 Å². The number of carboxylic acids is 2. The van der Waals surface area contributed by atoms with E-state index in [0.717, 1.165) is 0 Å². The van der Waals surface area contributed by atoms with Gasteiger partial charge in [-0.05, 0) is 5.75 Å². The number of rotatable bonds is 6. The first-order valence-corrected chi connectivity index (χ1v) is 6.30. The molecule has 0 aliphatic rings. The van der Waals surface area contributed by atoms with Crippen LogP contribution in [0.2, 0.25) is 0 Å². The van der Waals surface area contributed by atoms with Crippen molar-refractivity contribution in [2.45, 2.75) is 17.4 Å². The van der Waals surface area contributed by atoms with E-state index in [1.807, 2.05) is 0 Å². The van der Waals surface area contributed by atoms with E-state index in [1.165, 1.54) is 0 Å². The standard InChI is InChI=1S/C6H10O7S2.3Na.3H/c1-2-14-3(5(7)8)4(6(9)10)15(11,12)13;;;;;;/h3-4H,2H2,1H3,(H,7,8)(H,9,10)(H,11,12,13);;;;;;. The number of aliphatic carboxylic acids is 2. The molecule has 2 unspecified atom stereocenters. The molecule has 0 heterocycles. The molecule has 0 saturated carbocycles. The summed E-state index contributed by atoms with van der Waals surface area (Å²) >= 11 is 0.628. The van der Waals surface area contributed by atoms with Crippen LogP contribution in [-0.4, -0.2) is 140 Å². The second kappa shape index (κ2) is 12.9. The molecule has 0 bridgehead atoms. The first kappa shape index (κ1) is 28.4. The van der Waals surface area contributed by atoms with Gasteiger partial charge in [-0.15, -0.1) is 11.8 Å². The normalized spacial score (nSPS) is 13.0. The zero-order valence-electron chi connectivity index (χ0n) is 7.65. The van der Waals surface area contributed by atoms with Crippen molar-refractivity contribution in [2.24, 2.45) is 0 Å². The van der Waals surface area contributed by atoms with Gasteiger partial charge in [0.05, 0.1) is 0 Å². The van der Waals surface area contributed by atoms with Crippen LogP contribution in [0.5, 0.6) is 0 Å². The molecule has 94 valence electrons. The summed E-state index contributed by atoms with van der Waals surface area (Å²) in [5.74, 6) is -3.26. The zero-order valence-corrected chi connectivity index (χ0v) is 9.29. The Labute approximate surface area is 175 Å². The van der Waals surface area contributed by atoms with Gasteiger partial charge in [0.15, 0.2) is 0 Å². The van der Waals surface area contributed by atoms with Crippen molar-refractivity contribution in [3.05, 3.63) is 0 Å². The van der Waals surface area contributed by atoms with Crippen LogP contribution in [0.15, 0.2) is 0 Å². The van der Waals surface area contributed by atoms with Crippen molar-refractivity contribution in [2.75, 3.05) is 5.75 Å². The van der Waals surface area contributed by atoms with Crippen molar-refractivity contribution in [3.8, 4) is 0 Å². The number of carboxylic acid groups (broad SMARTS) is 2. The van der Waals surface area contributed by atoms with E-state index in [0.29, 0.717) is 11.8 Å². The van der Waals surface area contributed by atoms with Gasteiger partial charge in [-0.1, -0.05) is 6.92 Å². The third-order valence-corrected chi connectivity index (χ3v) is 3.88. The Morgan fingerprint density at radius 1 is 1.11 bits per heavy atom. The Hall–Kier alpha value is 2.20. The molecule has 12 heteroatoms. The molecule has 0 rings (SSSR count). The molecule has 7 nitrogen and oxygen atoms in total. The average Bonchev–Trinajstić information content (AvgIpc) is 1.99. The van der Waals surface area contributed by atoms with Crippen molar-refractivity contribution in [1.82, 2.24) is 0 Å². The average molecular weight is 330 g/mol. The predicted molar refractivity (Wildman–Crippen MR) is 74.0 cm³/mol. The topological polar surface area (TPSA) is 129 Å². The maximum absolute atomic E-state index is 10.7. The van der Waals surface area contributed by atoms with Crippen molar-refractivity contribution in [3.63, 3.8) is 0 Å². The van der Waals surface area contributed by atoms with Crippen LogP contribution in [0.3, 0.4) is 0 Å². The zero-order chi connectivity index (χ0) is 12.2. The summed E-state index contributed by atoms with van der Waals surface area (Å²) in [5, 5.41) is 13.1. The number of hydrogen-bond acceptors (Lipinski definition) is 5. The summed E-state index contributed by atoms with van der Waals surface area (Å²) in [7, 11) is -4.93. The second-order valence-corrected chi connectivity index (χ2v) is 5.44. The van der Waals surface area contributed by atoms with Gasteiger partial charge in [-0.2, -0.15) is 8.42 Å². The van der Waals surface area contributed by atoms with E-state index in [2.05, 4.69) is 0 Å². The molecule has 3 N–H and O–H groups in total. The minimum atomic E-state index is -4.93. The number of thioether (sulfide) groups is 1. The molecule has 2 atom stereocenters. The molecule has 0 aromatic rings. The van der Waals surface area contributed by atoms with Crippen LogP contribution >= 0.6 is 11.8 Å². The van der Waals surface area contributed by atoms with E-state index >= 15 is 0 Å². The monoisotopic (exact) mass is 330 g/mol. The molecule has 18 heavy (non-hydrogen) atoms. The Morgan fingerprint density at radius 2 is 1.50 bits per heavy atom. The van der Waals surface area contributed by atoms with Crippen molar-refractivity contribution < 1.29 is 32.8 Å². The fraction of sp³-hybridized carbons (Fsp3) is 0.667. The van der Waals surface area contributed by atoms with Gasteiger partial charge in [0.25, 0.3) is 10.1 Å². The summed E-state index contributed by atoms with van der Waals surface area (Å²) in [6, 6.07) is 0. The third-order valence-electron chi connectivity index (χ3n) is 1.43. The van der Waals surface area contributed by atoms with Crippen molar-refractivity contribution >= 4 is 122 Å². The van der Waals surface area contributed by atoms with Gasteiger partial charge in [0.2, 0.25) is 5.25 Å². The number of hydrogen-bond donors (Lipinski definition) is 3. The van der Waals surface area contributed by atoms with Crippen LogP contribution in [0.1, 0.15) is 6.92 Å². The van der Waals surface area contributed by atoms with E-state index < -0.39 is 32.6 Å². The van der Waals surface area contributed by atoms with E-state index in [1.54, 1.807) is 6.92 Å². The number of carbonyl (C=O) groups is 2. The molecule has 0 aromatic carbocycles. The summed E-state index contributed by atoms with van der Waals surface area (Å²) in [6.07, 6.45) is 0. The first-order valence-electron chi connectivity index (χ1n) is 3.75. The molecule has 0 saturated heterocycles. The summed E-state index contributed by atoms with van der Waals surface area (Å²) in [5.41, 5.74) is 0. The molecule has 0 radical (unpaired) electrons. The van der Waals surface area contributed by atoms with Gasteiger partial charge in [-0.25, -0.2) is 0 Å². The predicted octanol–water partition coefficient (Wildman–Crippen LogP) is -2.41. The van der Waals surface area contributed by atoms with Gasteiger partial charge >= 0.3 is 101 Å². The van der Waals surface area contributed by atoms with Crippen molar-refractivity contribution in [1.29, 1.82) is 0 Å². The molecule has 0 amide bonds. The molecule has 0 spiro atoms. The quantitative estimate of drug-likeness (QED) is 0.363. The second-order valence-electron chi connectivity index (χ2n) is 2.49. The summed E-state index contributed by atoms with van der Waals surface area (Å²) in [4.78, 5) is 21.2. The molecule has 0 aliphatic heterocycles. The molecule has 0 fully saturated rings. The van der Waals surface area contributed by atoms with Crippen LogP contribution in [0.4, 0.5) is 0 Å². The van der Waals surface area contributed by atoms with Gasteiger partial charge in [0, 0.05) is 0 Å². The van der Waals surface area contributed by atoms with E-state index in [-0.39, 0.29) is 94.4 Å². The molecule has 0 aliphatic carbocycles. The van der Waals surface area contributed by atoms with Crippen LogP contribution in [0.25, 0.3) is 0 Å². The van der Waals surface area contributed by atoms with E-state index in [9.17, 15) is 18.0 Å². The van der Waals surface area contributed by atoms with Crippen LogP contribution in [-0.2, 0) is 19.7 Å². The van der Waals surface area contributed by atoms with Gasteiger partial charge < -0.3 is 10.2 Å². The molecule has 0 aromatic heterocycles. The summed E-state index contributed by atoms with van der Waals surface area (Å²) in [6.45, 7) is 1.55.